The number of hydrogen-bond donors (Lipinski definition) is 5. The lowest BCUT2D eigenvalue weighted by Gasteiger charge is -2.26. The molecule has 2 aromatic carbocycles. The molecule has 4 unspecified atom stereocenters. The zero-order chi connectivity index (χ0) is 25.1. The molecule has 0 radical (unpaired) electrons. The van der Waals surface area contributed by atoms with E-state index in [0.717, 1.165) is 23.0 Å². The molecule has 0 N–H and O–H groups in total. The molecule has 0 amide bonds. The van der Waals surface area contributed by atoms with Gasteiger partial charge >= 0.3 is 0 Å². The van der Waals surface area contributed by atoms with Crippen LogP contribution in [0.2, 0.25) is 0 Å². The van der Waals surface area contributed by atoms with E-state index in [9.17, 15) is 0 Å². The Kier molecular flexibility index (Phi) is 14.2. The number of hydrogen-bond acceptors (Lipinski definition) is 9. The largest absolute Gasteiger partial charge is 0.492 e. The van der Waals surface area contributed by atoms with Crippen LogP contribution in [0.1, 0.15) is 31.9 Å². The van der Waals surface area contributed by atoms with E-state index in [1.807, 2.05) is 36.0 Å². The molecule has 0 aliphatic heterocycles. The van der Waals surface area contributed by atoms with Crippen LogP contribution in [0.5, 0.6) is 11.5 Å². The van der Waals surface area contributed by atoms with Crippen LogP contribution in [-0.2, 0) is 5.41 Å². The van der Waals surface area contributed by atoms with Gasteiger partial charge < -0.3 is 9.47 Å². The first-order valence-electron chi connectivity index (χ1n) is 11.1. The highest BCUT2D eigenvalue weighted by molar-refractivity contribution is 8.17. The van der Waals surface area contributed by atoms with Gasteiger partial charge in [-0.2, -0.15) is 74.9 Å². The molecule has 4 atom stereocenters. The second kappa shape index (κ2) is 15.7. The van der Waals surface area contributed by atoms with Crippen LogP contribution in [0.3, 0.4) is 0 Å². The molecular formula is C25H36O2S7. The minimum Gasteiger partial charge on any atom is -0.492 e. The second-order valence-corrected chi connectivity index (χ2v) is 15.0. The zero-order valence-corrected chi connectivity index (χ0v) is 25.9. The summed E-state index contributed by atoms with van der Waals surface area (Å²) in [6.45, 7) is 7.67. The Morgan fingerprint density at radius 3 is 1.74 bits per heavy atom. The maximum absolute atomic E-state index is 5.95. The smallest absolute Gasteiger partial charge is 0.119 e. The van der Waals surface area contributed by atoms with E-state index in [-0.39, 0.29) is 19.8 Å². The van der Waals surface area contributed by atoms with Gasteiger partial charge in [-0.25, -0.2) is 0 Å². The van der Waals surface area contributed by atoms with E-state index >= 15 is 0 Å². The Hall–Kier alpha value is 0.490. The molecule has 2 aromatic rings. The highest BCUT2D eigenvalue weighted by Crippen LogP contribution is 2.34. The summed E-state index contributed by atoms with van der Waals surface area (Å²) >= 11 is 25.8. The summed E-state index contributed by atoms with van der Waals surface area (Å²) in [5.41, 5.74) is 2.31. The summed E-state index contributed by atoms with van der Waals surface area (Å²) in [7, 11) is 0. The SMILES string of the molecule is CC(S)CSCC(S)COc1ccc(C(C)(C)c2ccc(OCC(S)SC(S)CS)cc2)cc1. The predicted octanol–water partition coefficient (Wildman–Crippen LogP) is 7.29. The van der Waals surface area contributed by atoms with Crippen LogP contribution < -0.4 is 9.47 Å². The summed E-state index contributed by atoms with van der Waals surface area (Å²) in [5.74, 6) is 4.40. The first-order valence-corrected chi connectivity index (χ1v) is 15.9. The predicted molar refractivity (Wildman–Crippen MR) is 172 cm³/mol. The van der Waals surface area contributed by atoms with Crippen LogP contribution in [0.15, 0.2) is 48.5 Å². The first kappa shape index (κ1) is 30.7. The molecule has 0 aliphatic carbocycles. The van der Waals surface area contributed by atoms with Gasteiger partial charge in [-0.3, -0.25) is 0 Å². The van der Waals surface area contributed by atoms with Crippen molar-refractivity contribution in [2.45, 2.75) is 45.9 Å². The topological polar surface area (TPSA) is 18.5 Å². The maximum atomic E-state index is 5.95. The van der Waals surface area contributed by atoms with E-state index in [1.165, 1.54) is 11.1 Å². The van der Waals surface area contributed by atoms with Crippen molar-refractivity contribution >= 4 is 86.7 Å². The molecule has 2 nitrogen and oxygen atoms in total. The summed E-state index contributed by atoms with van der Waals surface area (Å²) in [4.78, 5) is 0. The molecular weight excluding hydrogens is 557 g/mol. The molecule has 0 spiro atoms. The number of rotatable bonds is 15. The molecule has 0 saturated carbocycles. The van der Waals surface area contributed by atoms with Crippen molar-refractivity contribution in [1.82, 2.24) is 0 Å². The molecule has 2 rings (SSSR count). The highest BCUT2D eigenvalue weighted by atomic mass is 32.2. The Labute approximate surface area is 241 Å². The Morgan fingerprint density at radius 2 is 1.26 bits per heavy atom. The number of benzene rings is 2. The molecule has 0 bridgehead atoms. The lowest BCUT2D eigenvalue weighted by atomic mass is 9.78. The van der Waals surface area contributed by atoms with Crippen molar-refractivity contribution < 1.29 is 9.47 Å². The zero-order valence-electron chi connectivity index (χ0n) is 19.8. The quantitative estimate of drug-likeness (QED) is 0.110. The van der Waals surface area contributed by atoms with Crippen molar-refractivity contribution in [3.63, 3.8) is 0 Å². The van der Waals surface area contributed by atoms with Gasteiger partial charge in [0.15, 0.2) is 0 Å². The number of ether oxygens (including phenoxy) is 2. The fraction of sp³-hybridized carbons (Fsp3) is 0.520. The summed E-state index contributed by atoms with van der Waals surface area (Å²) in [6, 6.07) is 16.7. The third-order valence-corrected chi connectivity index (χ3v) is 10.4. The normalized spacial score (nSPS) is 15.4. The van der Waals surface area contributed by atoms with Gasteiger partial charge in [0.2, 0.25) is 0 Å². The number of thiol groups is 5. The van der Waals surface area contributed by atoms with E-state index < -0.39 is 0 Å². The summed E-state index contributed by atoms with van der Waals surface area (Å²) in [5, 5.41) is 0.604. The van der Waals surface area contributed by atoms with Crippen LogP contribution >= 0.6 is 86.7 Å². The molecule has 34 heavy (non-hydrogen) atoms. The number of thioether (sulfide) groups is 2. The van der Waals surface area contributed by atoms with Crippen molar-refractivity contribution in [3.05, 3.63) is 59.7 Å². The third kappa shape index (κ3) is 10.9. The average Bonchev–Trinajstić information content (AvgIpc) is 2.81. The standard InChI is InChI=1S/C25H36O2S7/c1-17(29)15-33-16-22(30)12-26-20-8-4-18(5-9-20)25(2,3)19-6-10-21(11-7-19)27-13-23(31)34-24(32)14-28/h4-11,17,22-24,28-32H,12-16H2,1-3H3. The minimum atomic E-state index is -0.142. The van der Waals surface area contributed by atoms with E-state index in [1.54, 1.807) is 11.8 Å². The highest BCUT2D eigenvalue weighted by Gasteiger charge is 2.23. The van der Waals surface area contributed by atoms with Gasteiger partial charge in [0.1, 0.15) is 24.7 Å². The van der Waals surface area contributed by atoms with Crippen LogP contribution in [0.4, 0.5) is 0 Å². The van der Waals surface area contributed by atoms with E-state index in [2.05, 4.69) is 108 Å². The van der Waals surface area contributed by atoms with Crippen LogP contribution in [0.25, 0.3) is 0 Å². The van der Waals surface area contributed by atoms with E-state index in [0.29, 0.717) is 24.2 Å². The molecule has 9 heteroatoms. The van der Waals surface area contributed by atoms with Crippen molar-refractivity contribution in [3.8, 4) is 11.5 Å². The molecule has 0 fully saturated rings. The Bertz CT molecular complexity index is 828. The minimum absolute atomic E-state index is 0.0554. The van der Waals surface area contributed by atoms with Gasteiger partial charge in [0.05, 0.1) is 9.16 Å². The first-order chi connectivity index (χ1) is 16.1. The van der Waals surface area contributed by atoms with Gasteiger partial charge in [0.25, 0.3) is 0 Å². The monoisotopic (exact) mass is 592 g/mol. The average molecular weight is 593 g/mol. The molecule has 0 heterocycles. The fourth-order valence-corrected chi connectivity index (χ4v) is 6.80. The molecule has 0 aliphatic rings. The van der Waals surface area contributed by atoms with Gasteiger partial charge in [-0.1, -0.05) is 45.0 Å². The van der Waals surface area contributed by atoms with Gasteiger partial charge in [-0.05, 0) is 35.4 Å². The lowest BCUT2D eigenvalue weighted by molar-refractivity contribution is 0.324. The lowest BCUT2D eigenvalue weighted by Crippen LogP contribution is -2.19. The molecule has 190 valence electrons. The van der Waals surface area contributed by atoms with Crippen molar-refractivity contribution in [2.75, 3.05) is 30.5 Å². The van der Waals surface area contributed by atoms with Crippen LogP contribution in [-0.4, -0.2) is 50.1 Å². The van der Waals surface area contributed by atoms with Crippen molar-refractivity contribution in [1.29, 1.82) is 0 Å². The molecule has 0 aromatic heterocycles. The fourth-order valence-electron chi connectivity index (χ4n) is 3.15. The Morgan fingerprint density at radius 1 is 0.765 bits per heavy atom. The van der Waals surface area contributed by atoms with E-state index in [4.69, 9.17) is 9.47 Å². The third-order valence-electron chi connectivity index (χ3n) is 5.13. The van der Waals surface area contributed by atoms with Crippen LogP contribution in [0, 0.1) is 0 Å². The van der Waals surface area contributed by atoms with Crippen molar-refractivity contribution in [2.24, 2.45) is 0 Å². The van der Waals surface area contributed by atoms with Gasteiger partial charge in [0, 0.05) is 33.2 Å². The summed E-state index contributed by atoms with van der Waals surface area (Å²) < 4.78 is 12.1. The Balaban J connectivity index is 1.89. The maximum Gasteiger partial charge on any atom is 0.119 e. The second-order valence-electron chi connectivity index (χ2n) is 8.56. The van der Waals surface area contributed by atoms with Gasteiger partial charge in [-0.15, -0.1) is 11.8 Å². The molecule has 0 saturated heterocycles. The summed E-state index contributed by atoms with van der Waals surface area (Å²) in [6.07, 6.45) is 0.